The van der Waals surface area contributed by atoms with Gasteiger partial charge in [-0.1, -0.05) is 30.3 Å². The zero-order valence-electron chi connectivity index (χ0n) is 20.2. The molecule has 9 heteroatoms. The van der Waals surface area contributed by atoms with Crippen molar-refractivity contribution in [1.29, 1.82) is 0 Å². The summed E-state index contributed by atoms with van der Waals surface area (Å²) in [6, 6.07) is 16.9. The van der Waals surface area contributed by atoms with E-state index in [0.717, 1.165) is 11.1 Å². The lowest BCUT2D eigenvalue weighted by molar-refractivity contribution is -0.131. The lowest BCUT2D eigenvalue weighted by atomic mass is 10.0. The summed E-state index contributed by atoms with van der Waals surface area (Å²) in [5, 5.41) is 20.8. The second-order valence-electron chi connectivity index (χ2n) is 8.33. The summed E-state index contributed by atoms with van der Waals surface area (Å²) < 4.78 is 6.85. The summed E-state index contributed by atoms with van der Waals surface area (Å²) in [5.41, 5.74) is 4.37. The number of carboxylic acid groups (broad SMARTS) is 1. The molecule has 36 heavy (non-hydrogen) atoms. The number of aromatic amines is 1. The number of para-hydroxylation sites is 1. The maximum Gasteiger partial charge on any atom is 0.335 e. The Morgan fingerprint density at radius 1 is 0.944 bits per heavy atom. The molecule has 4 rings (SSSR count). The number of aromatic carboxylic acids is 1. The number of hydrogen-bond donors (Lipinski definition) is 2. The number of H-pyrrole nitrogens is 1. The van der Waals surface area contributed by atoms with Crippen molar-refractivity contribution in [2.24, 2.45) is 10.2 Å². The molecule has 0 fully saturated rings. The van der Waals surface area contributed by atoms with E-state index < -0.39 is 11.9 Å². The molecular formula is C27H24N4O5. The van der Waals surface area contributed by atoms with Crippen molar-refractivity contribution in [2.45, 2.75) is 27.7 Å². The van der Waals surface area contributed by atoms with Gasteiger partial charge in [0, 0.05) is 12.5 Å². The highest BCUT2D eigenvalue weighted by Crippen LogP contribution is 2.39. The number of aromatic nitrogens is 2. The molecule has 0 aliphatic carbocycles. The van der Waals surface area contributed by atoms with Crippen molar-refractivity contribution < 1.29 is 19.4 Å². The lowest BCUT2D eigenvalue weighted by Gasteiger charge is -2.11. The lowest BCUT2D eigenvalue weighted by Crippen LogP contribution is -2.14. The molecule has 2 N–H and O–H groups in total. The number of azo groups is 1. The average molecular weight is 485 g/mol. The molecule has 0 spiro atoms. The molecule has 182 valence electrons. The van der Waals surface area contributed by atoms with Crippen LogP contribution in [0.2, 0.25) is 0 Å². The van der Waals surface area contributed by atoms with Gasteiger partial charge in [-0.3, -0.25) is 14.7 Å². The molecule has 4 aromatic rings. The smallest absolute Gasteiger partial charge is 0.335 e. The molecule has 0 saturated carbocycles. The first-order chi connectivity index (χ1) is 17.2. The van der Waals surface area contributed by atoms with Crippen LogP contribution in [0.4, 0.5) is 11.4 Å². The standard InChI is InChI=1S/C27H24N4O5/c1-15-11-12-21(13-16(15)2)31-26(33)24(17(3)30-31)29-28-23-10-6-9-22(25(23)36-18(4)32)19-7-5-8-20(14-19)27(34)35/h5-14,30H,1-4H3,(H,34,35). The molecule has 0 aliphatic rings. The minimum Gasteiger partial charge on any atom is -0.478 e. The average Bonchev–Trinajstić information content (AvgIpc) is 3.13. The van der Waals surface area contributed by atoms with E-state index in [1.807, 2.05) is 32.0 Å². The number of esters is 1. The fraction of sp³-hybridized carbons (Fsp3) is 0.148. The molecular weight excluding hydrogens is 460 g/mol. The number of carbonyl (C=O) groups is 2. The van der Waals surface area contributed by atoms with E-state index in [9.17, 15) is 19.5 Å². The Balaban J connectivity index is 1.79. The van der Waals surface area contributed by atoms with Crippen LogP contribution in [-0.2, 0) is 4.79 Å². The summed E-state index contributed by atoms with van der Waals surface area (Å²) in [5.74, 6) is -1.55. The zero-order valence-corrected chi connectivity index (χ0v) is 20.2. The van der Waals surface area contributed by atoms with Gasteiger partial charge in [0.1, 0.15) is 5.69 Å². The van der Waals surface area contributed by atoms with Gasteiger partial charge in [0.05, 0.1) is 16.9 Å². The van der Waals surface area contributed by atoms with Crippen LogP contribution in [0.5, 0.6) is 5.75 Å². The highest BCUT2D eigenvalue weighted by Gasteiger charge is 2.17. The van der Waals surface area contributed by atoms with Gasteiger partial charge < -0.3 is 9.84 Å². The monoisotopic (exact) mass is 484 g/mol. The molecule has 1 heterocycles. The zero-order chi connectivity index (χ0) is 26.0. The molecule has 9 nitrogen and oxygen atoms in total. The van der Waals surface area contributed by atoms with Crippen molar-refractivity contribution in [1.82, 2.24) is 9.78 Å². The summed E-state index contributed by atoms with van der Waals surface area (Å²) in [4.78, 5) is 36.4. The molecule has 1 aromatic heterocycles. The van der Waals surface area contributed by atoms with Crippen molar-refractivity contribution in [3.05, 3.63) is 93.4 Å². The van der Waals surface area contributed by atoms with E-state index in [0.29, 0.717) is 22.5 Å². The van der Waals surface area contributed by atoms with Crippen LogP contribution < -0.4 is 10.3 Å². The van der Waals surface area contributed by atoms with Gasteiger partial charge in [-0.05, 0) is 67.8 Å². The predicted molar refractivity (Wildman–Crippen MR) is 135 cm³/mol. The minimum absolute atomic E-state index is 0.0862. The molecule has 0 unspecified atom stereocenters. The summed E-state index contributed by atoms with van der Waals surface area (Å²) >= 11 is 0. The topological polar surface area (TPSA) is 126 Å². The SMILES string of the molecule is CC(=O)Oc1c(N=Nc2c(C)[nH]n(-c3ccc(C)c(C)c3)c2=O)cccc1-c1cccc(C(=O)O)c1. The Hall–Kier alpha value is -4.79. The molecule has 0 bridgehead atoms. The van der Waals surface area contributed by atoms with Crippen LogP contribution in [0.3, 0.4) is 0 Å². The number of carbonyl (C=O) groups excluding carboxylic acids is 1. The van der Waals surface area contributed by atoms with Crippen LogP contribution in [0, 0.1) is 20.8 Å². The van der Waals surface area contributed by atoms with Gasteiger partial charge in [0.2, 0.25) is 0 Å². The Bertz CT molecular complexity index is 1580. The highest BCUT2D eigenvalue weighted by molar-refractivity contribution is 5.90. The minimum atomic E-state index is -1.08. The molecule has 0 saturated heterocycles. The number of aryl methyl sites for hydroxylation is 3. The van der Waals surface area contributed by atoms with E-state index in [4.69, 9.17) is 4.74 Å². The van der Waals surface area contributed by atoms with E-state index in [1.165, 1.54) is 23.7 Å². The van der Waals surface area contributed by atoms with Crippen LogP contribution in [-0.4, -0.2) is 26.8 Å². The third-order valence-corrected chi connectivity index (χ3v) is 5.71. The molecule has 0 atom stereocenters. The fourth-order valence-corrected chi connectivity index (χ4v) is 3.71. The van der Waals surface area contributed by atoms with Crippen molar-refractivity contribution in [3.63, 3.8) is 0 Å². The van der Waals surface area contributed by atoms with Gasteiger partial charge in [-0.25, -0.2) is 9.48 Å². The van der Waals surface area contributed by atoms with Gasteiger partial charge in [-0.15, -0.1) is 10.2 Å². The van der Waals surface area contributed by atoms with Crippen LogP contribution in [0.25, 0.3) is 16.8 Å². The van der Waals surface area contributed by atoms with Crippen molar-refractivity contribution in [3.8, 4) is 22.6 Å². The fourth-order valence-electron chi connectivity index (χ4n) is 3.71. The van der Waals surface area contributed by atoms with Gasteiger partial charge >= 0.3 is 11.9 Å². The Morgan fingerprint density at radius 3 is 2.39 bits per heavy atom. The second kappa shape index (κ2) is 9.83. The van der Waals surface area contributed by atoms with Crippen molar-refractivity contribution in [2.75, 3.05) is 0 Å². The third-order valence-electron chi connectivity index (χ3n) is 5.71. The maximum absolute atomic E-state index is 13.1. The Morgan fingerprint density at radius 2 is 1.69 bits per heavy atom. The predicted octanol–water partition coefficient (Wildman–Crippen LogP) is 5.80. The van der Waals surface area contributed by atoms with E-state index in [-0.39, 0.29) is 28.2 Å². The van der Waals surface area contributed by atoms with E-state index in [1.54, 1.807) is 37.3 Å². The first-order valence-electron chi connectivity index (χ1n) is 11.1. The number of carboxylic acids is 1. The first-order valence-corrected chi connectivity index (χ1v) is 11.1. The quantitative estimate of drug-likeness (QED) is 0.203. The van der Waals surface area contributed by atoms with Crippen LogP contribution in [0.1, 0.15) is 34.1 Å². The van der Waals surface area contributed by atoms with Gasteiger partial charge in [0.15, 0.2) is 11.4 Å². The van der Waals surface area contributed by atoms with Gasteiger partial charge in [0.25, 0.3) is 5.56 Å². The van der Waals surface area contributed by atoms with Crippen LogP contribution in [0.15, 0.2) is 75.7 Å². The van der Waals surface area contributed by atoms with Crippen LogP contribution >= 0.6 is 0 Å². The maximum atomic E-state index is 13.1. The first kappa shape index (κ1) is 24.3. The van der Waals surface area contributed by atoms with E-state index >= 15 is 0 Å². The number of benzene rings is 3. The molecule has 0 radical (unpaired) electrons. The van der Waals surface area contributed by atoms with E-state index in [2.05, 4.69) is 15.3 Å². The molecule has 3 aromatic carbocycles. The van der Waals surface area contributed by atoms with Crippen molar-refractivity contribution >= 4 is 23.3 Å². The third kappa shape index (κ3) is 4.85. The number of rotatable bonds is 6. The Labute approximate surface area is 206 Å². The summed E-state index contributed by atoms with van der Waals surface area (Å²) in [6.45, 7) is 6.93. The number of nitrogens with one attached hydrogen (secondary N) is 1. The number of nitrogens with zero attached hydrogens (tertiary/aromatic N) is 3. The second-order valence-corrected chi connectivity index (χ2v) is 8.33. The normalized spacial score (nSPS) is 11.1. The largest absolute Gasteiger partial charge is 0.478 e. The Kier molecular flexibility index (Phi) is 6.64. The summed E-state index contributed by atoms with van der Waals surface area (Å²) in [7, 11) is 0. The number of ether oxygens (including phenoxy) is 1. The molecule has 0 amide bonds. The highest BCUT2D eigenvalue weighted by atomic mass is 16.5. The summed E-state index contributed by atoms with van der Waals surface area (Å²) in [6.07, 6.45) is 0. The van der Waals surface area contributed by atoms with Gasteiger partial charge in [-0.2, -0.15) is 0 Å². The number of hydrogen-bond acceptors (Lipinski definition) is 6. The molecule has 0 aliphatic heterocycles.